The molecule has 0 atom stereocenters. The molecule has 0 bridgehead atoms. The van der Waals surface area contributed by atoms with Gasteiger partial charge in [-0.2, -0.15) is 0 Å². The van der Waals surface area contributed by atoms with Gasteiger partial charge in [-0.15, -0.1) is 0 Å². The van der Waals surface area contributed by atoms with Crippen LogP contribution in [0, 0.1) is 11.8 Å². The number of nitrogens with zero attached hydrogens (tertiary/aromatic N) is 1. The number of carbonyl (C=O) groups excluding carboxylic acids is 3. The molecule has 0 aromatic heterocycles. The van der Waals surface area contributed by atoms with Crippen molar-refractivity contribution in [1.82, 2.24) is 15.5 Å². The number of nitrogens with one attached hydrogen (secondary N) is 2. The van der Waals surface area contributed by atoms with Gasteiger partial charge >= 0.3 is 6.03 Å². The molecular weight excluding hydrogens is 306 g/mol. The van der Waals surface area contributed by atoms with E-state index in [-0.39, 0.29) is 17.7 Å². The lowest BCUT2D eigenvalue weighted by molar-refractivity contribution is -0.140. The highest BCUT2D eigenvalue weighted by molar-refractivity contribution is 6.07. The highest BCUT2D eigenvalue weighted by atomic mass is 16.2. The van der Waals surface area contributed by atoms with Gasteiger partial charge in [0.2, 0.25) is 5.91 Å². The molecule has 2 aliphatic heterocycles. The average molecular weight is 335 g/mol. The fraction of sp³-hybridized carbons (Fsp3) is 0.833. The second-order valence-electron chi connectivity index (χ2n) is 7.68. The first-order chi connectivity index (χ1) is 11.5. The van der Waals surface area contributed by atoms with E-state index in [9.17, 15) is 14.4 Å². The molecule has 0 unspecified atom stereocenters. The molecule has 6 heteroatoms. The van der Waals surface area contributed by atoms with E-state index < -0.39 is 11.6 Å². The SMILES string of the molecule is CCCCC1CCC(C(=O)N2CCC3(CC2)NC(=O)NC3=O)CC1. The molecule has 0 aromatic rings. The smallest absolute Gasteiger partial charge is 0.322 e. The summed E-state index contributed by atoms with van der Waals surface area (Å²) in [6, 6.07) is -0.412. The lowest BCUT2D eigenvalue weighted by Gasteiger charge is -2.39. The van der Waals surface area contributed by atoms with Crippen molar-refractivity contribution in [2.45, 2.75) is 70.3 Å². The lowest BCUT2D eigenvalue weighted by Crippen LogP contribution is -2.56. The summed E-state index contributed by atoms with van der Waals surface area (Å²) in [5, 5.41) is 5.06. The Morgan fingerprint density at radius 3 is 2.38 bits per heavy atom. The van der Waals surface area contributed by atoms with E-state index in [0.717, 1.165) is 18.8 Å². The minimum atomic E-state index is -0.786. The van der Waals surface area contributed by atoms with Crippen LogP contribution in [0.3, 0.4) is 0 Å². The second-order valence-corrected chi connectivity index (χ2v) is 7.68. The first-order valence-corrected chi connectivity index (χ1v) is 9.46. The first kappa shape index (κ1) is 17.2. The number of urea groups is 1. The maximum Gasteiger partial charge on any atom is 0.322 e. The van der Waals surface area contributed by atoms with Crippen molar-refractivity contribution in [3.8, 4) is 0 Å². The number of imide groups is 1. The Bertz CT molecular complexity index is 504. The van der Waals surface area contributed by atoms with E-state index in [1.54, 1.807) is 0 Å². The molecule has 1 aliphatic carbocycles. The molecule has 1 spiro atoms. The van der Waals surface area contributed by atoms with Crippen LogP contribution in [0.15, 0.2) is 0 Å². The highest BCUT2D eigenvalue weighted by Gasteiger charge is 2.48. The first-order valence-electron chi connectivity index (χ1n) is 9.46. The summed E-state index contributed by atoms with van der Waals surface area (Å²) in [6.45, 7) is 3.34. The van der Waals surface area contributed by atoms with Crippen molar-refractivity contribution < 1.29 is 14.4 Å². The number of hydrogen-bond donors (Lipinski definition) is 2. The van der Waals surface area contributed by atoms with Gasteiger partial charge in [0, 0.05) is 19.0 Å². The molecule has 3 fully saturated rings. The third-order valence-corrected chi connectivity index (χ3v) is 6.11. The summed E-state index contributed by atoms with van der Waals surface area (Å²) in [5.41, 5.74) is -0.786. The molecule has 134 valence electrons. The van der Waals surface area contributed by atoms with Crippen LogP contribution < -0.4 is 10.6 Å². The van der Waals surface area contributed by atoms with Crippen molar-refractivity contribution in [1.29, 1.82) is 0 Å². The summed E-state index contributed by atoms with van der Waals surface area (Å²) < 4.78 is 0. The number of carbonyl (C=O) groups is 3. The van der Waals surface area contributed by atoms with E-state index in [1.807, 2.05) is 4.90 Å². The van der Waals surface area contributed by atoms with Crippen molar-refractivity contribution in [2.24, 2.45) is 11.8 Å². The van der Waals surface area contributed by atoms with E-state index in [0.29, 0.717) is 25.9 Å². The van der Waals surface area contributed by atoms with Crippen molar-refractivity contribution in [3.05, 3.63) is 0 Å². The Hall–Kier alpha value is -1.59. The van der Waals surface area contributed by atoms with Crippen molar-refractivity contribution in [2.75, 3.05) is 13.1 Å². The third kappa shape index (κ3) is 3.42. The predicted octanol–water partition coefficient (Wildman–Crippen LogP) is 2.18. The van der Waals surface area contributed by atoms with Gasteiger partial charge in [-0.1, -0.05) is 26.2 Å². The van der Waals surface area contributed by atoms with Gasteiger partial charge in [0.1, 0.15) is 5.54 Å². The Balaban J connectivity index is 1.48. The molecule has 2 heterocycles. The van der Waals surface area contributed by atoms with Crippen LogP contribution >= 0.6 is 0 Å². The fourth-order valence-electron chi connectivity index (χ4n) is 4.44. The number of likely N-dealkylation sites (tertiary alicyclic amines) is 1. The van der Waals surface area contributed by atoms with Gasteiger partial charge in [0.15, 0.2) is 0 Å². The molecule has 3 rings (SSSR count). The summed E-state index contributed by atoms with van der Waals surface area (Å²) in [4.78, 5) is 38.0. The Morgan fingerprint density at radius 1 is 1.17 bits per heavy atom. The Kier molecular flexibility index (Phi) is 5.11. The van der Waals surface area contributed by atoms with E-state index in [1.165, 1.54) is 32.1 Å². The van der Waals surface area contributed by atoms with Crippen LogP contribution in [0.4, 0.5) is 4.79 Å². The molecule has 0 aromatic carbocycles. The van der Waals surface area contributed by atoms with Gasteiger partial charge in [0.05, 0.1) is 0 Å². The zero-order chi connectivity index (χ0) is 17.2. The van der Waals surface area contributed by atoms with Gasteiger partial charge in [-0.05, 0) is 44.4 Å². The van der Waals surface area contributed by atoms with Gasteiger partial charge in [-0.3, -0.25) is 14.9 Å². The van der Waals surface area contributed by atoms with E-state index in [2.05, 4.69) is 17.6 Å². The highest BCUT2D eigenvalue weighted by Crippen LogP contribution is 2.34. The Morgan fingerprint density at radius 2 is 1.83 bits per heavy atom. The van der Waals surface area contributed by atoms with Gasteiger partial charge < -0.3 is 10.2 Å². The van der Waals surface area contributed by atoms with Crippen LogP contribution in [-0.4, -0.2) is 41.4 Å². The summed E-state index contributed by atoms with van der Waals surface area (Å²) in [6.07, 6.45) is 9.24. The Labute approximate surface area is 143 Å². The maximum atomic E-state index is 12.8. The number of hydrogen-bond acceptors (Lipinski definition) is 3. The topological polar surface area (TPSA) is 78.5 Å². The quantitative estimate of drug-likeness (QED) is 0.773. The molecule has 4 amide bonds. The summed E-state index contributed by atoms with van der Waals surface area (Å²) >= 11 is 0. The lowest BCUT2D eigenvalue weighted by atomic mass is 9.78. The second kappa shape index (κ2) is 7.11. The number of piperidine rings is 1. The van der Waals surface area contributed by atoms with Crippen LogP contribution in [0.25, 0.3) is 0 Å². The standard InChI is InChI=1S/C18H29N3O3/c1-2-3-4-13-5-7-14(8-6-13)15(22)21-11-9-18(10-12-21)16(23)19-17(24)20-18/h13-14H,2-12H2,1H3,(H2,19,20,23,24). The van der Waals surface area contributed by atoms with Crippen molar-refractivity contribution >= 4 is 17.8 Å². The zero-order valence-corrected chi connectivity index (χ0v) is 14.6. The van der Waals surface area contributed by atoms with E-state index >= 15 is 0 Å². The average Bonchev–Trinajstić information content (AvgIpc) is 2.87. The third-order valence-electron chi connectivity index (χ3n) is 6.11. The molecular formula is C18H29N3O3. The minimum Gasteiger partial charge on any atom is -0.342 e. The van der Waals surface area contributed by atoms with E-state index in [4.69, 9.17) is 0 Å². The monoisotopic (exact) mass is 335 g/mol. The van der Waals surface area contributed by atoms with Gasteiger partial charge in [-0.25, -0.2) is 4.79 Å². The minimum absolute atomic E-state index is 0.156. The number of amides is 4. The predicted molar refractivity (Wildman–Crippen MR) is 90.2 cm³/mol. The van der Waals surface area contributed by atoms with Crippen LogP contribution in [-0.2, 0) is 9.59 Å². The normalized spacial score (nSPS) is 29.5. The molecule has 6 nitrogen and oxygen atoms in total. The van der Waals surface area contributed by atoms with Gasteiger partial charge in [0.25, 0.3) is 5.91 Å². The van der Waals surface area contributed by atoms with Crippen LogP contribution in [0.1, 0.15) is 64.7 Å². The molecule has 0 radical (unpaired) electrons. The largest absolute Gasteiger partial charge is 0.342 e. The zero-order valence-electron chi connectivity index (χ0n) is 14.6. The van der Waals surface area contributed by atoms with Crippen molar-refractivity contribution in [3.63, 3.8) is 0 Å². The molecule has 1 saturated carbocycles. The molecule has 3 aliphatic rings. The van der Waals surface area contributed by atoms with Crippen LogP contribution in [0.2, 0.25) is 0 Å². The molecule has 2 N–H and O–H groups in total. The maximum absolute atomic E-state index is 12.8. The molecule has 24 heavy (non-hydrogen) atoms. The number of unbranched alkanes of at least 4 members (excludes halogenated alkanes) is 1. The summed E-state index contributed by atoms with van der Waals surface area (Å²) in [5.74, 6) is 0.972. The summed E-state index contributed by atoms with van der Waals surface area (Å²) in [7, 11) is 0. The van der Waals surface area contributed by atoms with Crippen LogP contribution in [0.5, 0.6) is 0 Å². The molecule has 2 saturated heterocycles. The number of rotatable bonds is 4. The fourth-order valence-corrected chi connectivity index (χ4v) is 4.44.